The molecule has 1 aliphatic rings. The third kappa shape index (κ3) is 2.13. The molecule has 1 atom stereocenters. The van der Waals surface area contributed by atoms with Gasteiger partial charge in [0.1, 0.15) is 6.04 Å². The number of nitrogens with one attached hydrogen (secondary N) is 1. The summed E-state index contributed by atoms with van der Waals surface area (Å²) in [5.41, 5.74) is 1.24. The number of thiophene rings is 1. The summed E-state index contributed by atoms with van der Waals surface area (Å²) >= 11 is 1.63. The Morgan fingerprint density at radius 3 is 3.11 bits per heavy atom. The highest BCUT2D eigenvalue weighted by Gasteiger charge is 2.32. The van der Waals surface area contributed by atoms with E-state index in [0.717, 1.165) is 11.3 Å². The number of carbonyl (C=O) groups excluding carboxylic acids is 1. The predicted molar refractivity (Wildman–Crippen MR) is 74.2 cm³/mol. The molecule has 19 heavy (non-hydrogen) atoms. The fourth-order valence-electron chi connectivity index (χ4n) is 2.34. The van der Waals surface area contributed by atoms with Gasteiger partial charge in [0.05, 0.1) is 0 Å². The van der Waals surface area contributed by atoms with Crippen LogP contribution in [0.25, 0.3) is 0 Å². The minimum absolute atomic E-state index is 0.0317. The summed E-state index contributed by atoms with van der Waals surface area (Å²) in [6.07, 6.45) is 2.46. The summed E-state index contributed by atoms with van der Waals surface area (Å²) in [6.45, 7) is 0.638. The lowest BCUT2D eigenvalue weighted by Gasteiger charge is -2.22. The Labute approximate surface area is 115 Å². The van der Waals surface area contributed by atoms with Crippen molar-refractivity contribution >= 4 is 23.1 Å². The minimum atomic E-state index is -0.292. The summed E-state index contributed by atoms with van der Waals surface area (Å²) in [5.74, 6) is 0.645. The van der Waals surface area contributed by atoms with Crippen LogP contribution in [0, 0.1) is 0 Å². The Bertz CT molecular complexity index is 583. The Morgan fingerprint density at radius 2 is 2.37 bits per heavy atom. The largest absolute Gasteiger partial charge is 0.305 e. The topological polar surface area (TPSA) is 58.1 Å². The lowest BCUT2D eigenvalue weighted by Crippen LogP contribution is -2.39. The molecule has 0 aliphatic carbocycles. The van der Waals surface area contributed by atoms with Crippen LogP contribution in [0.15, 0.2) is 29.8 Å². The molecule has 3 rings (SSSR count). The lowest BCUT2D eigenvalue weighted by atomic mass is 10.1. The molecule has 0 aromatic carbocycles. The van der Waals surface area contributed by atoms with Gasteiger partial charge >= 0.3 is 0 Å². The molecule has 98 valence electrons. The standard InChI is InChI=1S/C13H14N4OS/c1-14-11-12-9(5-8-19-12)4-7-17(13(11)18)10-3-2-6-15-16-10/h2-3,5-6,8,11,14H,4,7H2,1H3. The van der Waals surface area contributed by atoms with E-state index in [0.29, 0.717) is 12.4 Å². The maximum absolute atomic E-state index is 12.6. The van der Waals surface area contributed by atoms with Crippen LogP contribution in [0.3, 0.4) is 0 Å². The van der Waals surface area contributed by atoms with Crippen molar-refractivity contribution in [3.63, 3.8) is 0 Å². The van der Waals surface area contributed by atoms with E-state index in [1.54, 1.807) is 28.5 Å². The van der Waals surface area contributed by atoms with Crippen LogP contribution in [0.2, 0.25) is 0 Å². The molecule has 0 saturated heterocycles. The second kappa shape index (κ2) is 5.07. The normalized spacial score (nSPS) is 19.1. The number of anilines is 1. The van der Waals surface area contributed by atoms with Gasteiger partial charge in [-0.25, -0.2) is 0 Å². The van der Waals surface area contributed by atoms with Crippen molar-refractivity contribution in [3.05, 3.63) is 40.2 Å². The van der Waals surface area contributed by atoms with Gasteiger partial charge in [-0.2, -0.15) is 5.10 Å². The van der Waals surface area contributed by atoms with Crippen molar-refractivity contribution in [1.82, 2.24) is 15.5 Å². The molecule has 1 N–H and O–H groups in total. The average Bonchev–Trinajstić information content (AvgIpc) is 2.85. The Balaban J connectivity index is 1.99. The summed E-state index contributed by atoms with van der Waals surface area (Å²) < 4.78 is 0. The molecule has 5 nitrogen and oxygen atoms in total. The van der Waals surface area contributed by atoms with Gasteiger partial charge in [0.15, 0.2) is 5.82 Å². The molecule has 2 aromatic rings. The summed E-state index contributed by atoms with van der Waals surface area (Å²) in [4.78, 5) is 15.5. The Hall–Kier alpha value is -1.79. The highest BCUT2D eigenvalue weighted by atomic mass is 32.1. The van der Waals surface area contributed by atoms with E-state index < -0.39 is 0 Å². The number of hydrogen-bond acceptors (Lipinski definition) is 5. The van der Waals surface area contributed by atoms with E-state index >= 15 is 0 Å². The first-order valence-electron chi connectivity index (χ1n) is 6.14. The number of nitrogens with zero attached hydrogens (tertiary/aromatic N) is 3. The summed E-state index contributed by atoms with van der Waals surface area (Å²) in [6, 6.07) is 5.42. The zero-order valence-corrected chi connectivity index (χ0v) is 11.4. The van der Waals surface area contributed by atoms with Gasteiger partial charge in [0, 0.05) is 17.6 Å². The van der Waals surface area contributed by atoms with Gasteiger partial charge in [-0.1, -0.05) is 0 Å². The smallest absolute Gasteiger partial charge is 0.250 e. The minimum Gasteiger partial charge on any atom is -0.305 e. The summed E-state index contributed by atoms with van der Waals surface area (Å²) in [7, 11) is 1.81. The second-order valence-corrected chi connectivity index (χ2v) is 5.30. The van der Waals surface area contributed by atoms with Crippen LogP contribution in [0.4, 0.5) is 5.82 Å². The van der Waals surface area contributed by atoms with E-state index in [1.165, 1.54) is 5.56 Å². The van der Waals surface area contributed by atoms with Gasteiger partial charge in [-0.3, -0.25) is 9.69 Å². The van der Waals surface area contributed by atoms with E-state index in [4.69, 9.17) is 0 Å². The molecule has 0 fully saturated rings. The molecule has 0 radical (unpaired) electrons. The molecule has 2 aromatic heterocycles. The molecule has 6 heteroatoms. The molecule has 3 heterocycles. The maximum Gasteiger partial charge on any atom is 0.250 e. The van der Waals surface area contributed by atoms with Crippen LogP contribution < -0.4 is 10.2 Å². The lowest BCUT2D eigenvalue weighted by molar-refractivity contribution is -0.120. The Morgan fingerprint density at radius 1 is 1.47 bits per heavy atom. The third-order valence-corrected chi connectivity index (χ3v) is 4.31. The number of likely N-dealkylation sites (N-methyl/N-ethyl adjacent to an activating group) is 1. The zero-order valence-electron chi connectivity index (χ0n) is 10.5. The molecular weight excluding hydrogens is 260 g/mol. The van der Waals surface area contributed by atoms with Crippen molar-refractivity contribution in [2.45, 2.75) is 12.5 Å². The summed E-state index contributed by atoms with van der Waals surface area (Å²) in [5, 5.41) is 13.0. The van der Waals surface area contributed by atoms with E-state index in [1.807, 2.05) is 18.5 Å². The third-order valence-electron chi connectivity index (χ3n) is 3.28. The van der Waals surface area contributed by atoms with Gasteiger partial charge in [-0.15, -0.1) is 16.4 Å². The van der Waals surface area contributed by atoms with Gasteiger partial charge in [0.25, 0.3) is 5.91 Å². The van der Waals surface area contributed by atoms with Crippen molar-refractivity contribution in [2.24, 2.45) is 0 Å². The molecule has 1 unspecified atom stereocenters. The Kier molecular flexibility index (Phi) is 3.27. The second-order valence-electron chi connectivity index (χ2n) is 4.35. The van der Waals surface area contributed by atoms with Gasteiger partial charge < -0.3 is 5.32 Å². The first kappa shape index (κ1) is 12.3. The average molecular weight is 274 g/mol. The molecule has 0 bridgehead atoms. The zero-order chi connectivity index (χ0) is 13.2. The molecule has 0 spiro atoms. The van der Waals surface area contributed by atoms with Crippen LogP contribution in [0.5, 0.6) is 0 Å². The van der Waals surface area contributed by atoms with Crippen molar-refractivity contribution in [2.75, 3.05) is 18.5 Å². The molecular formula is C13H14N4OS. The molecule has 0 saturated carbocycles. The number of hydrogen-bond donors (Lipinski definition) is 1. The van der Waals surface area contributed by atoms with Crippen LogP contribution >= 0.6 is 11.3 Å². The van der Waals surface area contributed by atoms with Gasteiger partial charge in [-0.05, 0) is 42.6 Å². The maximum atomic E-state index is 12.6. The number of carbonyl (C=O) groups is 1. The number of amides is 1. The van der Waals surface area contributed by atoms with Crippen LogP contribution in [-0.4, -0.2) is 29.7 Å². The molecule has 1 aliphatic heterocycles. The monoisotopic (exact) mass is 274 g/mol. The van der Waals surface area contributed by atoms with Crippen LogP contribution in [-0.2, 0) is 11.2 Å². The van der Waals surface area contributed by atoms with E-state index in [2.05, 4.69) is 21.6 Å². The fraction of sp³-hybridized carbons (Fsp3) is 0.308. The van der Waals surface area contributed by atoms with Crippen molar-refractivity contribution < 1.29 is 4.79 Å². The first-order chi connectivity index (χ1) is 9.31. The van der Waals surface area contributed by atoms with Gasteiger partial charge in [0.2, 0.25) is 0 Å². The predicted octanol–water partition coefficient (Wildman–Crippen LogP) is 1.39. The highest BCUT2D eigenvalue weighted by molar-refractivity contribution is 7.10. The highest BCUT2D eigenvalue weighted by Crippen LogP contribution is 2.30. The van der Waals surface area contributed by atoms with E-state index in [-0.39, 0.29) is 11.9 Å². The first-order valence-corrected chi connectivity index (χ1v) is 7.02. The van der Waals surface area contributed by atoms with E-state index in [9.17, 15) is 4.79 Å². The van der Waals surface area contributed by atoms with Crippen molar-refractivity contribution in [1.29, 1.82) is 0 Å². The molecule has 1 amide bonds. The SMILES string of the molecule is CNC1C(=O)N(c2cccnn2)CCc2ccsc21. The van der Waals surface area contributed by atoms with Crippen molar-refractivity contribution in [3.8, 4) is 0 Å². The number of fused-ring (bicyclic) bond motifs is 1. The number of rotatable bonds is 2. The van der Waals surface area contributed by atoms with Crippen LogP contribution in [0.1, 0.15) is 16.5 Å². The number of aromatic nitrogens is 2. The quantitative estimate of drug-likeness (QED) is 0.899. The fourth-order valence-corrected chi connectivity index (χ4v) is 3.39.